The summed E-state index contributed by atoms with van der Waals surface area (Å²) in [5.41, 5.74) is 0.391. The summed E-state index contributed by atoms with van der Waals surface area (Å²) < 4.78 is 56.6. The standard InChI is InChI=1S/C16H13F3O3/c1-20-13-4-3-12(18)15(19)10(13)8-22-14-5-2-11(17)9-6-7-21-16(9)14/h2-5H,6-8H2,1H3. The average Bonchev–Trinajstić information content (AvgIpc) is 3.01. The monoisotopic (exact) mass is 310 g/mol. The Kier molecular flexibility index (Phi) is 3.83. The number of halogens is 3. The number of hydrogen-bond donors (Lipinski definition) is 0. The number of rotatable bonds is 4. The number of hydrogen-bond acceptors (Lipinski definition) is 3. The summed E-state index contributed by atoms with van der Waals surface area (Å²) in [4.78, 5) is 0. The fourth-order valence-electron chi connectivity index (χ4n) is 2.39. The van der Waals surface area contributed by atoms with E-state index in [4.69, 9.17) is 14.2 Å². The van der Waals surface area contributed by atoms with Crippen LogP contribution in [0.15, 0.2) is 24.3 Å². The van der Waals surface area contributed by atoms with Crippen LogP contribution in [0.2, 0.25) is 0 Å². The lowest BCUT2D eigenvalue weighted by atomic mass is 10.1. The average molecular weight is 310 g/mol. The normalized spacial score (nSPS) is 12.7. The van der Waals surface area contributed by atoms with Crippen LogP contribution in [0, 0.1) is 17.5 Å². The van der Waals surface area contributed by atoms with Crippen molar-refractivity contribution in [2.24, 2.45) is 0 Å². The molecule has 1 heterocycles. The summed E-state index contributed by atoms with van der Waals surface area (Å²) in [6, 6.07) is 4.98. The van der Waals surface area contributed by atoms with Crippen molar-refractivity contribution in [2.75, 3.05) is 13.7 Å². The van der Waals surface area contributed by atoms with Crippen molar-refractivity contribution in [3.63, 3.8) is 0 Å². The van der Waals surface area contributed by atoms with Crippen LogP contribution in [0.4, 0.5) is 13.2 Å². The SMILES string of the molecule is COc1ccc(F)c(F)c1COc1ccc(F)c2c1OCC2. The van der Waals surface area contributed by atoms with E-state index in [2.05, 4.69) is 0 Å². The van der Waals surface area contributed by atoms with E-state index in [1.807, 2.05) is 0 Å². The summed E-state index contributed by atoms with van der Waals surface area (Å²) >= 11 is 0. The van der Waals surface area contributed by atoms with Gasteiger partial charge in [0, 0.05) is 12.0 Å². The summed E-state index contributed by atoms with van der Waals surface area (Å²) in [5.74, 6) is -1.60. The number of methoxy groups -OCH3 is 1. The Balaban J connectivity index is 1.88. The van der Waals surface area contributed by atoms with Crippen molar-refractivity contribution >= 4 is 0 Å². The first-order valence-electron chi connectivity index (χ1n) is 6.69. The Morgan fingerprint density at radius 1 is 1.05 bits per heavy atom. The molecule has 0 radical (unpaired) electrons. The van der Waals surface area contributed by atoms with Gasteiger partial charge in [0.05, 0.1) is 19.3 Å². The van der Waals surface area contributed by atoms with Crippen LogP contribution >= 0.6 is 0 Å². The van der Waals surface area contributed by atoms with E-state index in [9.17, 15) is 13.2 Å². The van der Waals surface area contributed by atoms with Gasteiger partial charge in [0.1, 0.15) is 18.2 Å². The van der Waals surface area contributed by atoms with Crippen LogP contribution in [0.3, 0.4) is 0 Å². The molecule has 0 amide bonds. The van der Waals surface area contributed by atoms with E-state index in [-0.39, 0.29) is 23.7 Å². The van der Waals surface area contributed by atoms with Gasteiger partial charge in [-0.2, -0.15) is 0 Å². The molecule has 3 nitrogen and oxygen atoms in total. The van der Waals surface area contributed by atoms with E-state index in [1.165, 1.54) is 25.3 Å². The molecule has 22 heavy (non-hydrogen) atoms. The highest BCUT2D eigenvalue weighted by Crippen LogP contribution is 2.38. The highest BCUT2D eigenvalue weighted by molar-refractivity contribution is 5.49. The van der Waals surface area contributed by atoms with Crippen molar-refractivity contribution in [2.45, 2.75) is 13.0 Å². The second-order valence-corrected chi connectivity index (χ2v) is 4.78. The molecule has 3 rings (SSSR count). The number of ether oxygens (including phenoxy) is 3. The quantitative estimate of drug-likeness (QED) is 0.863. The molecular weight excluding hydrogens is 297 g/mol. The first-order chi connectivity index (χ1) is 10.6. The minimum absolute atomic E-state index is 0.0430. The minimum Gasteiger partial charge on any atom is -0.496 e. The second-order valence-electron chi connectivity index (χ2n) is 4.78. The highest BCUT2D eigenvalue weighted by atomic mass is 19.2. The van der Waals surface area contributed by atoms with Crippen LogP contribution < -0.4 is 14.2 Å². The zero-order chi connectivity index (χ0) is 15.7. The Morgan fingerprint density at radius 2 is 1.77 bits per heavy atom. The first kappa shape index (κ1) is 14.6. The van der Waals surface area contributed by atoms with E-state index < -0.39 is 11.6 Å². The summed E-state index contributed by atoms with van der Waals surface area (Å²) in [6.07, 6.45) is 0.454. The highest BCUT2D eigenvalue weighted by Gasteiger charge is 2.22. The van der Waals surface area contributed by atoms with Crippen LogP contribution in [-0.4, -0.2) is 13.7 Å². The van der Waals surface area contributed by atoms with E-state index in [1.54, 1.807) is 0 Å². The van der Waals surface area contributed by atoms with Crippen molar-refractivity contribution in [1.29, 1.82) is 0 Å². The van der Waals surface area contributed by atoms with Crippen molar-refractivity contribution in [3.05, 3.63) is 52.8 Å². The molecule has 0 spiro atoms. The Morgan fingerprint density at radius 3 is 2.55 bits per heavy atom. The molecule has 1 aliphatic heterocycles. The fourth-order valence-corrected chi connectivity index (χ4v) is 2.39. The molecule has 2 aromatic rings. The largest absolute Gasteiger partial charge is 0.496 e. The maximum absolute atomic E-state index is 13.9. The van der Waals surface area contributed by atoms with Gasteiger partial charge in [-0.15, -0.1) is 0 Å². The summed E-state index contributed by atoms with van der Waals surface area (Å²) in [5, 5.41) is 0. The van der Waals surface area contributed by atoms with Crippen LogP contribution in [-0.2, 0) is 13.0 Å². The van der Waals surface area contributed by atoms with Gasteiger partial charge in [0.15, 0.2) is 23.1 Å². The van der Waals surface area contributed by atoms with Crippen LogP contribution in [0.1, 0.15) is 11.1 Å². The van der Waals surface area contributed by atoms with E-state index in [0.29, 0.717) is 30.1 Å². The predicted molar refractivity (Wildman–Crippen MR) is 72.8 cm³/mol. The van der Waals surface area contributed by atoms with E-state index in [0.717, 1.165) is 6.07 Å². The van der Waals surface area contributed by atoms with Gasteiger partial charge in [-0.05, 0) is 24.3 Å². The van der Waals surface area contributed by atoms with Gasteiger partial charge in [0.25, 0.3) is 0 Å². The van der Waals surface area contributed by atoms with Gasteiger partial charge < -0.3 is 14.2 Å². The minimum atomic E-state index is -1.03. The molecule has 0 saturated heterocycles. The predicted octanol–water partition coefficient (Wildman–Crippen LogP) is 3.63. The molecular formula is C16H13F3O3. The molecule has 6 heteroatoms. The summed E-state index contributed by atoms with van der Waals surface area (Å²) in [6.45, 7) is 0.110. The molecule has 0 aliphatic carbocycles. The molecule has 2 aromatic carbocycles. The maximum atomic E-state index is 13.9. The first-order valence-corrected chi connectivity index (χ1v) is 6.69. The third kappa shape index (κ3) is 2.45. The number of benzene rings is 2. The Labute approximate surface area is 125 Å². The van der Waals surface area contributed by atoms with Crippen LogP contribution in [0.25, 0.3) is 0 Å². The molecule has 0 fully saturated rings. The fraction of sp³-hybridized carbons (Fsp3) is 0.250. The van der Waals surface area contributed by atoms with E-state index >= 15 is 0 Å². The van der Waals surface area contributed by atoms with Crippen LogP contribution in [0.5, 0.6) is 17.2 Å². The zero-order valence-corrected chi connectivity index (χ0v) is 11.8. The lowest BCUT2D eigenvalue weighted by Crippen LogP contribution is -2.04. The van der Waals surface area contributed by atoms with Gasteiger partial charge >= 0.3 is 0 Å². The van der Waals surface area contributed by atoms with Crippen molar-refractivity contribution in [1.82, 2.24) is 0 Å². The van der Waals surface area contributed by atoms with Gasteiger partial charge in [-0.25, -0.2) is 13.2 Å². The third-order valence-corrected chi connectivity index (χ3v) is 3.51. The lowest BCUT2D eigenvalue weighted by molar-refractivity contribution is 0.264. The molecule has 0 bridgehead atoms. The van der Waals surface area contributed by atoms with Crippen molar-refractivity contribution in [3.8, 4) is 17.2 Å². The second kappa shape index (κ2) is 5.79. The van der Waals surface area contributed by atoms with Gasteiger partial charge in [-0.1, -0.05) is 0 Å². The lowest BCUT2D eigenvalue weighted by Gasteiger charge is -2.13. The van der Waals surface area contributed by atoms with Gasteiger partial charge in [0.2, 0.25) is 0 Å². The summed E-state index contributed by atoms with van der Waals surface area (Å²) in [7, 11) is 1.36. The molecule has 0 saturated carbocycles. The third-order valence-electron chi connectivity index (χ3n) is 3.51. The Hall–Kier alpha value is -2.37. The maximum Gasteiger partial charge on any atom is 0.169 e. The molecule has 1 aliphatic rings. The number of fused-ring (bicyclic) bond motifs is 1. The topological polar surface area (TPSA) is 27.7 Å². The van der Waals surface area contributed by atoms with Gasteiger partial charge in [-0.3, -0.25) is 0 Å². The zero-order valence-electron chi connectivity index (χ0n) is 11.8. The Bertz CT molecular complexity index is 716. The molecule has 0 unspecified atom stereocenters. The molecule has 0 N–H and O–H groups in total. The molecule has 0 aromatic heterocycles. The smallest absolute Gasteiger partial charge is 0.169 e. The molecule has 116 valence electrons. The molecule has 0 atom stereocenters. The van der Waals surface area contributed by atoms with Crippen molar-refractivity contribution < 1.29 is 27.4 Å².